The third kappa shape index (κ3) is 8.26. The molecule has 1 fully saturated rings. The Hall–Kier alpha value is -7.18. The van der Waals surface area contributed by atoms with E-state index in [0.29, 0.717) is 29.1 Å². The number of benzene rings is 5. The Labute approximate surface area is 328 Å². The summed E-state index contributed by atoms with van der Waals surface area (Å²) in [6.45, 7) is 0.168. The first-order valence-electron chi connectivity index (χ1n) is 18.4. The van der Waals surface area contributed by atoms with Crippen molar-refractivity contribution < 1.29 is 33.3 Å². The number of rotatable bonds is 13. The first-order chi connectivity index (χ1) is 28.0. The monoisotopic (exact) mass is 759 g/mol. The first kappa shape index (κ1) is 36.8. The molecule has 0 saturated carbocycles. The minimum Gasteiger partial charge on any atom is -0.459 e. The van der Waals surface area contributed by atoms with Gasteiger partial charge in [0.1, 0.15) is 19.0 Å². The molecule has 12 nitrogen and oxygen atoms in total. The van der Waals surface area contributed by atoms with E-state index in [4.69, 9.17) is 23.9 Å². The predicted octanol–water partition coefficient (Wildman–Crippen LogP) is 7.28. The van der Waals surface area contributed by atoms with Crippen LogP contribution in [-0.4, -0.2) is 68.9 Å². The van der Waals surface area contributed by atoms with E-state index in [-0.39, 0.29) is 23.7 Å². The Kier molecular flexibility index (Phi) is 11.0. The smallest absolute Gasteiger partial charge is 0.338 e. The molecule has 0 aliphatic carbocycles. The summed E-state index contributed by atoms with van der Waals surface area (Å²) in [5.41, 5.74) is 3.94. The number of aromatic nitrogens is 4. The van der Waals surface area contributed by atoms with Crippen molar-refractivity contribution in [2.45, 2.75) is 30.5 Å². The second-order valence-corrected chi connectivity index (χ2v) is 13.3. The van der Waals surface area contributed by atoms with Gasteiger partial charge in [0.25, 0.3) is 0 Å². The standard InChI is InChI=1S/C45H37N5O7/c51-43(32-20-10-3-11-21-32)54-27-36-38(56-44(52)33-22-12-4-13-23-33)39(57-45(53)34-24-14-5-15-25-34)42(55-36)50-29-49-37-40(47-28-48-41(37)50)46-26-35(30-16-6-1-7-17-30)31-18-8-2-9-19-31/h1-25,28-29,35-36,38-39,42H,26-27H2,(H,46,47,48)/t36-,38-,39-,42-/m1/s1. The van der Waals surface area contributed by atoms with E-state index in [0.717, 1.165) is 11.1 Å². The highest BCUT2D eigenvalue weighted by molar-refractivity contribution is 5.91. The van der Waals surface area contributed by atoms with E-state index < -0.39 is 42.4 Å². The normalized spacial score (nSPS) is 17.6. The molecule has 3 heterocycles. The molecule has 2 aromatic heterocycles. The van der Waals surface area contributed by atoms with E-state index >= 15 is 0 Å². The molecule has 0 unspecified atom stereocenters. The molecule has 8 rings (SSSR count). The molecule has 0 amide bonds. The lowest BCUT2D eigenvalue weighted by Gasteiger charge is -2.25. The summed E-state index contributed by atoms with van der Waals surface area (Å²) in [7, 11) is 0. The molecule has 0 spiro atoms. The Morgan fingerprint density at radius 1 is 0.614 bits per heavy atom. The maximum atomic E-state index is 13.7. The van der Waals surface area contributed by atoms with Crippen molar-refractivity contribution in [1.82, 2.24) is 19.5 Å². The molecule has 7 aromatic rings. The lowest BCUT2D eigenvalue weighted by atomic mass is 9.91. The predicted molar refractivity (Wildman–Crippen MR) is 210 cm³/mol. The van der Waals surface area contributed by atoms with Gasteiger partial charge in [0.05, 0.1) is 23.0 Å². The fourth-order valence-electron chi connectivity index (χ4n) is 6.85. The van der Waals surface area contributed by atoms with Gasteiger partial charge in [-0.15, -0.1) is 0 Å². The zero-order chi connectivity index (χ0) is 39.0. The Bertz CT molecular complexity index is 2400. The van der Waals surface area contributed by atoms with Crippen molar-refractivity contribution in [2.24, 2.45) is 0 Å². The SMILES string of the molecule is O=C(OC[C@H]1O[C@@H](n2cnc3c(NCC(c4ccccc4)c4ccccc4)ncnc32)[C@H](OC(=O)c2ccccc2)[C@@H]1OC(=O)c1ccccc1)c1ccccc1. The Morgan fingerprint density at radius 3 is 1.65 bits per heavy atom. The summed E-state index contributed by atoms with van der Waals surface area (Å²) in [5, 5.41) is 3.48. The van der Waals surface area contributed by atoms with Gasteiger partial charge < -0.3 is 24.3 Å². The van der Waals surface area contributed by atoms with Crippen LogP contribution in [0.4, 0.5) is 5.82 Å². The van der Waals surface area contributed by atoms with E-state index in [9.17, 15) is 14.4 Å². The molecule has 5 aromatic carbocycles. The Morgan fingerprint density at radius 2 is 1.11 bits per heavy atom. The van der Waals surface area contributed by atoms with Crippen molar-refractivity contribution in [3.8, 4) is 0 Å². The number of nitrogens with one attached hydrogen (secondary N) is 1. The highest BCUT2D eigenvalue weighted by Crippen LogP contribution is 2.37. The molecule has 1 N–H and O–H groups in total. The number of hydrogen-bond acceptors (Lipinski definition) is 11. The van der Waals surface area contributed by atoms with Crippen LogP contribution in [0.1, 0.15) is 54.3 Å². The number of nitrogens with zero attached hydrogens (tertiary/aromatic N) is 4. The minimum absolute atomic E-state index is 0.00106. The topological polar surface area (TPSA) is 144 Å². The van der Waals surface area contributed by atoms with Gasteiger partial charge in [0.15, 0.2) is 35.4 Å². The van der Waals surface area contributed by atoms with Gasteiger partial charge in [-0.1, -0.05) is 115 Å². The zero-order valence-corrected chi connectivity index (χ0v) is 30.5. The van der Waals surface area contributed by atoms with Crippen molar-refractivity contribution in [1.29, 1.82) is 0 Å². The number of carbonyl (C=O) groups is 3. The van der Waals surface area contributed by atoms with Crippen LogP contribution in [0.5, 0.6) is 0 Å². The fourth-order valence-corrected chi connectivity index (χ4v) is 6.85. The molecule has 1 aliphatic heterocycles. The summed E-state index contributed by atoms with van der Waals surface area (Å²) in [6.07, 6.45) is -1.74. The van der Waals surface area contributed by atoms with E-state index in [1.807, 2.05) is 36.4 Å². The summed E-state index contributed by atoms with van der Waals surface area (Å²) in [4.78, 5) is 54.2. The molecule has 1 aliphatic rings. The van der Waals surface area contributed by atoms with Gasteiger partial charge in [-0.2, -0.15) is 0 Å². The first-order valence-corrected chi connectivity index (χ1v) is 18.4. The second kappa shape index (κ2) is 17.1. The van der Waals surface area contributed by atoms with Gasteiger partial charge in [-0.25, -0.2) is 29.3 Å². The van der Waals surface area contributed by atoms with Crippen LogP contribution in [0.15, 0.2) is 164 Å². The van der Waals surface area contributed by atoms with Crippen LogP contribution in [0.3, 0.4) is 0 Å². The maximum Gasteiger partial charge on any atom is 0.338 e. The van der Waals surface area contributed by atoms with Crippen molar-refractivity contribution >= 4 is 34.9 Å². The van der Waals surface area contributed by atoms with Crippen LogP contribution in [0.2, 0.25) is 0 Å². The number of esters is 3. The Balaban J connectivity index is 1.13. The molecule has 4 atom stereocenters. The molecular formula is C45H37N5O7. The lowest BCUT2D eigenvalue weighted by molar-refractivity contribution is -0.0606. The number of hydrogen-bond donors (Lipinski definition) is 1. The lowest BCUT2D eigenvalue weighted by Crippen LogP contribution is -2.41. The number of ether oxygens (including phenoxy) is 4. The molecule has 284 valence electrons. The van der Waals surface area contributed by atoms with Crippen molar-refractivity contribution in [3.63, 3.8) is 0 Å². The van der Waals surface area contributed by atoms with Crippen LogP contribution in [0.25, 0.3) is 11.2 Å². The van der Waals surface area contributed by atoms with E-state index in [1.54, 1.807) is 95.6 Å². The van der Waals surface area contributed by atoms with Crippen LogP contribution >= 0.6 is 0 Å². The van der Waals surface area contributed by atoms with Crippen molar-refractivity contribution in [2.75, 3.05) is 18.5 Å². The highest BCUT2D eigenvalue weighted by Gasteiger charge is 2.52. The average Bonchev–Trinajstić information content (AvgIpc) is 3.85. The quantitative estimate of drug-likeness (QED) is 0.0936. The third-order valence-corrected chi connectivity index (χ3v) is 9.69. The molecule has 0 radical (unpaired) electrons. The van der Waals surface area contributed by atoms with E-state index in [1.165, 1.54) is 12.7 Å². The van der Waals surface area contributed by atoms with Crippen LogP contribution in [0, 0.1) is 0 Å². The minimum atomic E-state index is -1.24. The number of fused-ring (bicyclic) bond motifs is 1. The molecular weight excluding hydrogens is 723 g/mol. The van der Waals surface area contributed by atoms with Crippen LogP contribution < -0.4 is 5.32 Å². The van der Waals surface area contributed by atoms with Gasteiger partial charge in [-0.05, 0) is 47.5 Å². The zero-order valence-electron chi connectivity index (χ0n) is 30.5. The number of imidazole rings is 1. The van der Waals surface area contributed by atoms with Gasteiger partial charge >= 0.3 is 17.9 Å². The average molecular weight is 760 g/mol. The maximum absolute atomic E-state index is 13.7. The van der Waals surface area contributed by atoms with Crippen molar-refractivity contribution in [3.05, 3.63) is 192 Å². The third-order valence-electron chi connectivity index (χ3n) is 9.69. The molecule has 1 saturated heterocycles. The molecule has 0 bridgehead atoms. The van der Waals surface area contributed by atoms with Crippen LogP contribution in [-0.2, 0) is 18.9 Å². The summed E-state index contributed by atoms with van der Waals surface area (Å²) in [5.74, 6) is -1.48. The van der Waals surface area contributed by atoms with Gasteiger partial charge in [0, 0.05) is 12.5 Å². The summed E-state index contributed by atoms with van der Waals surface area (Å²) < 4.78 is 26.2. The molecule has 12 heteroatoms. The highest BCUT2D eigenvalue weighted by atomic mass is 16.7. The summed E-state index contributed by atoms with van der Waals surface area (Å²) >= 11 is 0. The van der Waals surface area contributed by atoms with Gasteiger partial charge in [-0.3, -0.25) is 4.57 Å². The summed E-state index contributed by atoms with van der Waals surface area (Å²) in [6, 6.07) is 45.7. The second-order valence-electron chi connectivity index (χ2n) is 13.3. The number of anilines is 1. The molecule has 57 heavy (non-hydrogen) atoms. The fraction of sp³-hybridized carbons (Fsp3) is 0.156. The van der Waals surface area contributed by atoms with E-state index in [2.05, 4.69) is 39.6 Å². The number of carbonyl (C=O) groups excluding carboxylic acids is 3. The van der Waals surface area contributed by atoms with Gasteiger partial charge in [0.2, 0.25) is 0 Å². The largest absolute Gasteiger partial charge is 0.459 e.